The van der Waals surface area contributed by atoms with Crippen LogP contribution in [0.25, 0.3) is 97.8 Å². The van der Waals surface area contributed by atoms with Crippen molar-refractivity contribution in [3.8, 4) is 65.1 Å². The number of hydrogen-bond acceptors (Lipinski definition) is 3. The lowest BCUT2D eigenvalue weighted by molar-refractivity contribution is 1.46. The van der Waals surface area contributed by atoms with Crippen molar-refractivity contribution in [2.75, 3.05) is 0 Å². The first-order valence-corrected chi connectivity index (χ1v) is 18.5. The van der Waals surface area contributed by atoms with Gasteiger partial charge < -0.3 is 15.0 Å². The molecule has 6 heteroatoms. The number of nitrogens with one attached hydrogen (secondary N) is 3. The molecular weight excluding hydrogens is 643 g/mol. The van der Waals surface area contributed by atoms with Gasteiger partial charge in [0.15, 0.2) is 0 Å². The van der Waals surface area contributed by atoms with Gasteiger partial charge in [0, 0.05) is 81.1 Å². The zero-order valence-electron chi connectivity index (χ0n) is 25.6. The Hall–Kier alpha value is -5.40. The van der Waals surface area contributed by atoms with Crippen molar-refractivity contribution in [2.45, 2.75) is 0 Å². The maximum Gasteiger partial charge on any atom is 0.0479 e. The smallest absolute Gasteiger partial charge is 0.0479 e. The van der Waals surface area contributed by atoms with Crippen LogP contribution in [-0.4, -0.2) is 15.0 Å². The van der Waals surface area contributed by atoms with E-state index in [9.17, 15) is 0 Å². The molecule has 0 aliphatic heterocycles. The van der Waals surface area contributed by atoms with Crippen LogP contribution >= 0.6 is 34.0 Å². The molecule has 48 heavy (non-hydrogen) atoms. The predicted octanol–water partition coefficient (Wildman–Crippen LogP) is 13.3. The molecule has 3 N–H and O–H groups in total. The fourth-order valence-electron chi connectivity index (χ4n) is 6.91. The van der Waals surface area contributed by atoms with Gasteiger partial charge in [-0.2, -0.15) is 0 Å². The van der Waals surface area contributed by atoms with Crippen molar-refractivity contribution < 1.29 is 0 Å². The number of fused-ring (bicyclic) bond motifs is 3. The summed E-state index contributed by atoms with van der Waals surface area (Å²) in [5.74, 6) is 0. The molecule has 10 rings (SSSR count). The molecule has 0 unspecified atom stereocenters. The lowest BCUT2D eigenvalue weighted by Gasteiger charge is -2.12. The van der Waals surface area contributed by atoms with Crippen LogP contribution in [0.1, 0.15) is 0 Å². The molecule has 228 valence electrons. The molecule has 0 amide bonds. The van der Waals surface area contributed by atoms with Gasteiger partial charge in [-0.1, -0.05) is 54.6 Å². The first-order valence-electron chi connectivity index (χ1n) is 15.9. The van der Waals surface area contributed by atoms with Crippen molar-refractivity contribution in [3.05, 3.63) is 144 Å². The third-order valence-corrected chi connectivity index (χ3v) is 12.1. The minimum absolute atomic E-state index is 1.14. The van der Waals surface area contributed by atoms with Gasteiger partial charge in [0.2, 0.25) is 0 Å². The van der Waals surface area contributed by atoms with E-state index in [-0.39, 0.29) is 0 Å². The van der Waals surface area contributed by atoms with Crippen LogP contribution in [0.4, 0.5) is 0 Å². The van der Waals surface area contributed by atoms with Crippen molar-refractivity contribution in [1.82, 2.24) is 15.0 Å². The maximum atomic E-state index is 3.68. The lowest BCUT2D eigenvalue weighted by Crippen LogP contribution is -1.87. The Balaban J connectivity index is 1.17. The molecular formula is C42H27N3S3. The van der Waals surface area contributed by atoms with Crippen LogP contribution in [-0.2, 0) is 0 Å². The second-order valence-corrected chi connectivity index (χ2v) is 14.8. The summed E-state index contributed by atoms with van der Waals surface area (Å²) < 4.78 is 0. The van der Waals surface area contributed by atoms with E-state index in [2.05, 4.69) is 158 Å². The summed E-state index contributed by atoms with van der Waals surface area (Å²) in [5, 5.41) is 10.3. The highest BCUT2D eigenvalue weighted by atomic mass is 32.1. The molecule has 0 radical (unpaired) electrons. The fraction of sp³-hybridized carbons (Fsp3) is 0. The fourth-order valence-corrected chi connectivity index (χ4v) is 9.61. The number of hydrogen-bond donors (Lipinski definition) is 3. The van der Waals surface area contributed by atoms with E-state index in [1.165, 1.54) is 64.2 Å². The second-order valence-electron chi connectivity index (χ2n) is 12.1. The van der Waals surface area contributed by atoms with Crippen molar-refractivity contribution in [2.24, 2.45) is 0 Å². The number of rotatable bonds is 6. The summed E-state index contributed by atoms with van der Waals surface area (Å²) >= 11 is 5.40. The van der Waals surface area contributed by atoms with Crippen LogP contribution in [0.2, 0.25) is 0 Å². The average molecular weight is 670 g/mol. The summed E-state index contributed by atoms with van der Waals surface area (Å²) in [6.07, 6.45) is 0. The summed E-state index contributed by atoms with van der Waals surface area (Å²) in [6.45, 7) is 0. The van der Waals surface area contributed by atoms with Gasteiger partial charge in [-0.15, -0.1) is 34.0 Å². The quantitative estimate of drug-likeness (QED) is 0.158. The number of thiophene rings is 3. The molecule has 0 aliphatic rings. The highest BCUT2D eigenvalue weighted by molar-refractivity contribution is 7.15. The molecule has 0 spiro atoms. The highest BCUT2D eigenvalue weighted by Crippen LogP contribution is 2.46. The number of aromatic amines is 3. The van der Waals surface area contributed by atoms with Gasteiger partial charge >= 0.3 is 0 Å². The summed E-state index contributed by atoms with van der Waals surface area (Å²) in [5.41, 5.74) is 14.2. The van der Waals surface area contributed by atoms with Gasteiger partial charge in [-0.25, -0.2) is 0 Å². The molecule has 3 nitrogen and oxygen atoms in total. The standard InChI is InChI=1S/C42H27N3S3/c1-4-10-34-25(7-1)22-37(43-34)31-13-16-46-40(31)28-19-29(41-32(14-17-47-41)38-23-26-8-2-5-11-35(26)44-38)21-30(20-28)42-33(15-18-48-42)39-24-27-9-3-6-12-36(27)45-39/h1-24,43-45H. The van der Waals surface area contributed by atoms with Gasteiger partial charge in [0.1, 0.15) is 0 Å². The van der Waals surface area contributed by atoms with Crippen LogP contribution < -0.4 is 0 Å². The summed E-state index contributed by atoms with van der Waals surface area (Å²) in [4.78, 5) is 14.8. The molecule has 0 fully saturated rings. The number of H-pyrrole nitrogens is 3. The molecule has 6 aromatic heterocycles. The first kappa shape index (κ1) is 27.7. The number of aromatic nitrogens is 3. The Kier molecular flexibility index (Phi) is 6.40. The highest BCUT2D eigenvalue weighted by Gasteiger charge is 2.20. The number of para-hydroxylation sites is 3. The first-order chi connectivity index (χ1) is 23.7. The molecule has 0 saturated carbocycles. The second kappa shape index (κ2) is 11.1. The zero-order chi connectivity index (χ0) is 31.6. The molecule has 10 aromatic rings. The van der Waals surface area contributed by atoms with E-state index >= 15 is 0 Å². The SMILES string of the molecule is c1ccc2[nH]c(-c3ccsc3-c3cc(-c4sccc4-c4cc5ccccc5[nH]4)cc(-c4sccc4-c4cc5ccccc5[nH]4)c3)cc2c1. The Bertz CT molecular complexity index is 2350. The van der Waals surface area contributed by atoms with Gasteiger partial charge in [0.25, 0.3) is 0 Å². The molecule has 6 heterocycles. The Morgan fingerprint density at radius 1 is 0.333 bits per heavy atom. The molecule has 0 aliphatic carbocycles. The molecule has 0 saturated heterocycles. The van der Waals surface area contributed by atoms with Crippen LogP contribution in [0, 0.1) is 0 Å². The Labute approximate surface area is 288 Å². The van der Waals surface area contributed by atoms with Crippen molar-refractivity contribution in [1.29, 1.82) is 0 Å². The van der Waals surface area contributed by atoms with Crippen molar-refractivity contribution >= 4 is 66.7 Å². The maximum absolute atomic E-state index is 3.68. The average Bonchev–Trinajstić information content (AvgIpc) is 3.97. The molecule has 4 aromatic carbocycles. The van der Waals surface area contributed by atoms with Crippen LogP contribution in [0.3, 0.4) is 0 Å². The normalized spacial score (nSPS) is 11.8. The van der Waals surface area contributed by atoms with E-state index in [0.717, 1.165) is 33.6 Å². The Morgan fingerprint density at radius 3 is 0.958 bits per heavy atom. The summed E-state index contributed by atoms with van der Waals surface area (Å²) in [6, 6.07) is 46.2. The van der Waals surface area contributed by atoms with E-state index in [1.807, 2.05) is 0 Å². The lowest BCUT2D eigenvalue weighted by atomic mass is 9.97. The van der Waals surface area contributed by atoms with E-state index in [0.29, 0.717) is 0 Å². The monoisotopic (exact) mass is 669 g/mol. The Morgan fingerprint density at radius 2 is 0.646 bits per heavy atom. The van der Waals surface area contributed by atoms with Crippen molar-refractivity contribution in [3.63, 3.8) is 0 Å². The molecule has 0 bridgehead atoms. The van der Waals surface area contributed by atoms with E-state index in [1.54, 1.807) is 34.0 Å². The summed E-state index contributed by atoms with van der Waals surface area (Å²) in [7, 11) is 0. The third kappa shape index (κ3) is 4.60. The predicted molar refractivity (Wildman–Crippen MR) is 208 cm³/mol. The van der Waals surface area contributed by atoms with Gasteiger partial charge in [-0.3, -0.25) is 0 Å². The van der Waals surface area contributed by atoms with E-state index < -0.39 is 0 Å². The zero-order valence-corrected chi connectivity index (χ0v) is 28.0. The molecule has 0 atom stereocenters. The van der Waals surface area contributed by atoms with Crippen LogP contribution in [0.5, 0.6) is 0 Å². The topological polar surface area (TPSA) is 47.4 Å². The third-order valence-electron chi connectivity index (χ3n) is 9.18. The van der Waals surface area contributed by atoms with Gasteiger partial charge in [0.05, 0.1) is 0 Å². The minimum Gasteiger partial charge on any atom is -0.354 e. The van der Waals surface area contributed by atoms with E-state index in [4.69, 9.17) is 0 Å². The number of benzene rings is 4. The minimum atomic E-state index is 1.14. The van der Waals surface area contributed by atoms with Crippen LogP contribution in [0.15, 0.2) is 144 Å². The largest absolute Gasteiger partial charge is 0.354 e. The van der Waals surface area contributed by atoms with Gasteiger partial charge in [-0.05, 0) is 106 Å².